The van der Waals surface area contributed by atoms with Crippen molar-refractivity contribution in [2.24, 2.45) is 12.5 Å². The van der Waals surface area contributed by atoms with Gasteiger partial charge >= 0.3 is 6.03 Å². The Bertz CT molecular complexity index is 386. The molecule has 5 heteroatoms. The molecular formula is C11H18IN3O. The van der Waals surface area contributed by atoms with E-state index in [1.807, 2.05) is 22.7 Å². The van der Waals surface area contributed by atoms with E-state index in [1.54, 1.807) is 17.1 Å². The minimum absolute atomic E-state index is 0. The SMILES string of the molecule is C[n+]1ccn(C(=O)N2CCC(C)(C)C2)c1.[I-]. The minimum atomic E-state index is 0. The second-order valence-corrected chi connectivity index (χ2v) is 5.10. The van der Waals surface area contributed by atoms with E-state index in [0.717, 1.165) is 19.5 Å². The summed E-state index contributed by atoms with van der Waals surface area (Å²) >= 11 is 0. The number of aromatic nitrogens is 2. The van der Waals surface area contributed by atoms with Crippen LogP contribution in [0.3, 0.4) is 0 Å². The fourth-order valence-electron chi connectivity index (χ4n) is 2.00. The zero-order chi connectivity index (χ0) is 11.1. The van der Waals surface area contributed by atoms with Crippen LogP contribution in [0, 0.1) is 5.41 Å². The average molecular weight is 335 g/mol. The Morgan fingerprint density at radius 3 is 2.56 bits per heavy atom. The molecule has 0 aromatic carbocycles. The molecule has 1 fully saturated rings. The summed E-state index contributed by atoms with van der Waals surface area (Å²) in [4.78, 5) is 13.9. The van der Waals surface area contributed by atoms with Crippen molar-refractivity contribution >= 4 is 6.03 Å². The summed E-state index contributed by atoms with van der Waals surface area (Å²) in [7, 11) is 1.91. The molecule has 2 rings (SSSR count). The van der Waals surface area contributed by atoms with Gasteiger partial charge in [-0.15, -0.1) is 0 Å². The van der Waals surface area contributed by atoms with Crippen LogP contribution in [-0.4, -0.2) is 28.6 Å². The molecule has 1 amide bonds. The molecule has 0 spiro atoms. The highest BCUT2D eigenvalue weighted by Crippen LogP contribution is 2.28. The van der Waals surface area contributed by atoms with Crippen LogP contribution in [0.5, 0.6) is 0 Å². The fourth-order valence-corrected chi connectivity index (χ4v) is 2.00. The Kier molecular flexibility index (Phi) is 3.98. The van der Waals surface area contributed by atoms with Crippen molar-refractivity contribution < 1.29 is 33.3 Å². The zero-order valence-corrected chi connectivity index (χ0v) is 12.1. The number of rotatable bonds is 0. The predicted molar refractivity (Wildman–Crippen MR) is 56.4 cm³/mol. The van der Waals surface area contributed by atoms with Crippen molar-refractivity contribution in [3.05, 3.63) is 18.7 Å². The average Bonchev–Trinajstić information content (AvgIpc) is 2.71. The molecule has 1 saturated heterocycles. The summed E-state index contributed by atoms with van der Waals surface area (Å²) in [5, 5.41) is 0. The molecule has 0 bridgehead atoms. The fraction of sp³-hybridized carbons (Fsp3) is 0.636. The number of hydrogen-bond donors (Lipinski definition) is 0. The quantitative estimate of drug-likeness (QED) is 0.399. The van der Waals surface area contributed by atoms with Gasteiger partial charge in [0.2, 0.25) is 0 Å². The van der Waals surface area contributed by atoms with E-state index >= 15 is 0 Å². The van der Waals surface area contributed by atoms with E-state index < -0.39 is 0 Å². The van der Waals surface area contributed by atoms with Crippen LogP contribution < -0.4 is 28.5 Å². The Hall–Kier alpha value is -0.590. The molecule has 0 radical (unpaired) electrons. The largest absolute Gasteiger partial charge is 1.00 e. The Morgan fingerprint density at radius 2 is 2.12 bits per heavy atom. The lowest BCUT2D eigenvalue weighted by atomic mass is 9.93. The normalized spacial score (nSPS) is 18.3. The molecule has 16 heavy (non-hydrogen) atoms. The van der Waals surface area contributed by atoms with E-state index in [9.17, 15) is 4.79 Å². The summed E-state index contributed by atoms with van der Waals surface area (Å²) in [6.07, 6.45) is 6.56. The van der Waals surface area contributed by atoms with E-state index in [-0.39, 0.29) is 35.4 Å². The second-order valence-electron chi connectivity index (χ2n) is 5.10. The van der Waals surface area contributed by atoms with Crippen molar-refractivity contribution in [2.75, 3.05) is 13.1 Å². The lowest BCUT2D eigenvalue weighted by molar-refractivity contribution is -0.670. The van der Waals surface area contributed by atoms with Crippen LogP contribution in [0.15, 0.2) is 18.7 Å². The number of carbonyl (C=O) groups is 1. The molecule has 0 saturated carbocycles. The van der Waals surface area contributed by atoms with Crippen LogP contribution in [0.2, 0.25) is 0 Å². The molecule has 0 unspecified atom stereocenters. The van der Waals surface area contributed by atoms with Gasteiger partial charge in [-0.3, -0.25) is 0 Å². The summed E-state index contributed by atoms with van der Waals surface area (Å²) in [5.74, 6) is 0. The molecule has 0 atom stereocenters. The van der Waals surface area contributed by atoms with Gasteiger partial charge in [-0.1, -0.05) is 13.8 Å². The predicted octanol–water partition coefficient (Wildman–Crippen LogP) is -1.98. The number of halogens is 1. The highest BCUT2D eigenvalue weighted by molar-refractivity contribution is 5.76. The molecule has 2 heterocycles. The maximum Gasteiger partial charge on any atom is 0.415 e. The Labute approximate surface area is 113 Å². The van der Waals surface area contributed by atoms with Gasteiger partial charge < -0.3 is 28.9 Å². The maximum absolute atomic E-state index is 12.0. The molecule has 1 aromatic rings. The zero-order valence-electron chi connectivity index (χ0n) is 9.98. The third-order valence-electron chi connectivity index (χ3n) is 2.94. The first-order valence-corrected chi connectivity index (χ1v) is 5.30. The second kappa shape index (κ2) is 4.73. The molecule has 1 aromatic heterocycles. The van der Waals surface area contributed by atoms with Gasteiger partial charge in [0.05, 0.1) is 7.05 Å². The standard InChI is InChI=1S/C11H18N3O.HI/c1-11(2)4-5-13(8-11)10(15)14-7-6-12(3)9-14;/h6-7,9H,4-5,8H2,1-3H3;1H/q+1;/p-1. The van der Waals surface area contributed by atoms with Crippen LogP contribution in [0.4, 0.5) is 4.79 Å². The summed E-state index contributed by atoms with van der Waals surface area (Å²) in [6.45, 7) is 6.13. The van der Waals surface area contributed by atoms with Crippen molar-refractivity contribution in [2.45, 2.75) is 20.3 Å². The van der Waals surface area contributed by atoms with Crippen molar-refractivity contribution in [3.8, 4) is 0 Å². The number of amides is 1. The molecule has 4 nitrogen and oxygen atoms in total. The van der Waals surface area contributed by atoms with Crippen molar-refractivity contribution in [3.63, 3.8) is 0 Å². The Balaban J connectivity index is 0.00000128. The molecule has 90 valence electrons. The van der Waals surface area contributed by atoms with Crippen molar-refractivity contribution in [1.82, 2.24) is 9.47 Å². The summed E-state index contributed by atoms with van der Waals surface area (Å²) < 4.78 is 3.51. The van der Waals surface area contributed by atoms with E-state index in [4.69, 9.17) is 0 Å². The first-order chi connectivity index (χ1) is 6.98. The van der Waals surface area contributed by atoms with Gasteiger partial charge in [0, 0.05) is 13.1 Å². The van der Waals surface area contributed by atoms with Gasteiger partial charge in [0.1, 0.15) is 12.4 Å². The monoisotopic (exact) mass is 335 g/mol. The lowest BCUT2D eigenvalue weighted by Crippen LogP contribution is -3.00. The minimum Gasteiger partial charge on any atom is -1.00 e. The highest BCUT2D eigenvalue weighted by Gasteiger charge is 2.34. The number of aryl methyl sites for hydroxylation is 1. The lowest BCUT2D eigenvalue weighted by Gasteiger charge is -2.17. The smallest absolute Gasteiger partial charge is 0.415 e. The van der Waals surface area contributed by atoms with E-state index in [0.29, 0.717) is 0 Å². The van der Waals surface area contributed by atoms with Gasteiger partial charge in [-0.2, -0.15) is 4.57 Å². The van der Waals surface area contributed by atoms with Crippen molar-refractivity contribution in [1.29, 1.82) is 0 Å². The van der Waals surface area contributed by atoms with Crippen LogP contribution in [-0.2, 0) is 7.05 Å². The Morgan fingerprint density at radius 1 is 1.44 bits per heavy atom. The third-order valence-corrected chi connectivity index (χ3v) is 2.94. The van der Waals surface area contributed by atoms with Gasteiger partial charge in [-0.05, 0) is 11.8 Å². The number of nitrogens with zero attached hydrogens (tertiary/aromatic N) is 3. The number of carbonyl (C=O) groups excluding carboxylic acids is 1. The number of imidazole rings is 1. The van der Waals surface area contributed by atoms with Gasteiger partial charge in [0.15, 0.2) is 0 Å². The maximum atomic E-state index is 12.0. The number of likely N-dealkylation sites (tertiary alicyclic amines) is 1. The molecule has 1 aliphatic rings. The van der Waals surface area contributed by atoms with Gasteiger partial charge in [-0.25, -0.2) is 9.36 Å². The topological polar surface area (TPSA) is 29.1 Å². The highest BCUT2D eigenvalue weighted by atomic mass is 127. The van der Waals surface area contributed by atoms with Crippen LogP contribution in [0.1, 0.15) is 20.3 Å². The van der Waals surface area contributed by atoms with E-state index in [2.05, 4.69) is 13.8 Å². The summed E-state index contributed by atoms with van der Waals surface area (Å²) in [5.41, 5.74) is 0.269. The first-order valence-electron chi connectivity index (χ1n) is 5.30. The van der Waals surface area contributed by atoms with Gasteiger partial charge in [0.25, 0.3) is 6.33 Å². The third kappa shape index (κ3) is 2.75. The number of hydrogen-bond acceptors (Lipinski definition) is 1. The summed E-state index contributed by atoms with van der Waals surface area (Å²) in [6, 6.07) is 0.0844. The molecule has 0 aliphatic carbocycles. The molecule has 0 N–H and O–H groups in total. The molecular weight excluding hydrogens is 317 g/mol. The molecule has 1 aliphatic heterocycles. The van der Waals surface area contributed by atoms with Crippen LogP contribution in [0.25, 0.3) is 0 Å². The van der Waals surface area contributed by atoms with E-state index in [1.165, 1.54) is 0 Å². The van der Waals surface area contributed by atoms with Crippen LogP contribution >= 0.6 is 0 Å². The first kappa shape index (κ1) is 13.5.